The topological polar surface area (TPSA) is 64.6 Å². The van der Waals surface area contributed by atoms with E-state index in [0.717, 1.165) is 24.2 Å². The van der Waals surface area contributed by atoms with Gasteiger partial charge in [-0.15, -0.1) is 0 Å². The van der Waals surface area contributed by atoms with Crippen molar-refractivity contribution >= 4 is 23.6 Å². The highest BCUT2D eigenvalue weighted by Gasteiger charge is 2.08. The summed E-state index contributed by atoms with van der Waals surface area (Å²) in [5.41, 5.74) is 1.77. The largest absolute Gasteiger partial charge is 0.493 e. The monoisotopic (exact) mass is 367 g/mol. The summed E-state index contributed by atoms with van der Waals surface area (Å²) in [5, 5.41) is 2.75. The molecule has 0 saturated heterocycles. The zero-order valence-electron chi connectivity index (χ0n) is 15.7. The van der Waals surface area contributed by atoms with Crippen LogP contribution in [0.15, 0.2) is 54.6 Å². The molecule has 2 aromatic carbocycles. The Hall–Kier alpha value is -3.08. The summed E-state index contributed by atoms with van der Waals surface area (Å²) < 4.78 is 10.8. The van der Waals surface area contributed by atoms with Gasteiger partial charge >= 0.3 is 5.97 Å². The standard InChI is InChI=1S/C22H25NO4/c1-3-14-26-20-11-6-5-8-17(20)12-13-21(24)23-19-10-7-9-18(16-19)22(25)27-15-4-2/h5-13,16H,3-4,14-15H2,1-2H3,(H,23,24)/b13-12+. The molecule has 5 heteroatoms. The molecule has 142 valence electrons. The van der Waals surface area contributed by atoms with Crippen molar-refractivity contribution in [3.63, 3.8) is 0 Å². The van der Waals surface area contributed by atoms with Gasteiger partial charge in [0.15, 0.2) is 0 Å². The predicted octanol–water partition coefficient (Wildman–Crippen LogP) is 4.69. The van der Waals surface area contributed by atoms with E-state index in [0.29, 0.717) is 24.5 Å². The second-order valence-electron chi connectivity index (χ2n) is 5.93. The van der Waals surface area contributed by atoms with Crippen LogP contribution in [0.4, 0.5) is 5.69 Å². The third-order valence-corrected chi connectivity index (χ3v) is 3.60. The van der Waals surface area contributed by atoms with Crippen LogP contribution < -0.4 is 10.1 Å². The van der Waals surface area contributed by atoms with Gasteiger partial charge in [-0.2, -0.15) is 0 Å². The molecule has 2 rings (SSSR count). The van der Waals surface area contributed by atoms with E-state index >= 15 is 0 Å². The smallest absolute Gasteiger partial charge is 0.338 e. The molecule has 1 N–H and O–H groups in total. The number of rotatable bonds is 9. The molecule has 2 aromatic rings. The van der Waals surface area contributed by atoms with E-state index in [1.54, 1.807) is 30.3 Å². The number of nitrogens with one attached hydrogen (secondary N) is 1. The maximum atomic E-state index is 12.2. The first-order valence-corrected chi connectivity index (χ1v) is 9.12. The molecular weight excluding hydrogens is 342 g/mol. The van der Waals surface area contributed by atoms with Crippen molar-refractivity contribution < 1.29 is 19.1 Å². The molecule has 0 spiro atoms. The zero-order valence-corrected chi connectivity index (χ0v) is 15.7. The van der Waals surface area contributed by atoms with Crippen molar-refractivity contribution in [1.82, 2.24) is 0 Å². The lowest BCUT2D eigenvalue weighted by atomic mass is 10.2. The van der Waals surface area contributed by atoms with Crippen molar-refractivity contribution in [2.75, 3.05) is 18.5 Å². The quantitative estimate of drug-likeness (QED) is 0.516. The van der Waals surface area contributed by atoms with Crippen molar-refractivity contribution in [1.29, 1.82) is 0 Å². The lowest BCUT2D eigenvalue weighted by molar-refractivity contribution is -0.111. The van der Waals surface area contributed by atoms with E-state index in [4.69, 9.17) is 9.47 Å². The minimum absolute atomic E-state index is 0.292. The van der Waals surface area contributed by atoms with Gasteiger partial charge in [-0.1, -0.05) is 38.1 Å². The average Bonchev–Trinajstić information content (AvgIpc) is 2.69. The van der Waals surface area contributed by atoms with Gasteiger partial charge < -0.3 is 14.8 Å². The van der Waals surface area contributed by atoms with E-state index in [9.17, 15) is 9.59 Å². The number of ether oxygens (including phenoxy) is 2. The molecule has 0 saturated carbocycles. The Kier molecular flexibility index (Phi) is 8.10. The number of benzene rings is 2. The molecular formula is C22H25NO4. The average molecular weight is 367 g/mol. The van der Waals surface area contributed by atoms with Crippen molar-refractivity contribution in [3.05, 3.63) is 65.7 Å². The van der Waals surface area contributed by atoms with Crippen LogP contribution in [0.2, 0.25) is 0 Å². The Morgan fingerprint density at radius 1 is 1.00 bits per heavy atom. The van der Waals surface area contributed by atoms with Crippen LogP contribution in [-0.2, 0) is 9.53 Å². The molecule has 0 radical (unpaired) electrons. The van der Waals surface area contributed by atoms with Gasteiger partial charge in [0, 0.05) is 17.3 Å². The van der Waals surface area contributed by atoms with E-state index in [2.05, 4.69) is 5.32 Å². The van der Waals surface area contributed by atoms with Crippen LogP contribution in [0.3, 0.4) is 0 Å². The summed E-state index contributed by atoms with van der Waals surface area (Å²) in [6.45, 7) is 4.97. The third-order valence-electron chi connectivity index (χ3n) is 3.60. The molecule has 27 heavy (non-hydrogen) atoms. The molecule has 0 unspecified atom stereocenters. The lowest BCUT2D eigenvalue weighted by Gasteiger charge is -2.08. The Morgan fingerprint density at radius 3 is 2.56 bits per heavy atom. The SMILES string of the molecule is CCCOC(=O)c1cccc(NC(=O)/C=C/c2ccccc2OCCC)c1. The highest BCUT2D eigenvalue weighted by molar-refractivity contribution is 6.02. The van der Waals surface area contributed by atoms with E-state index in [-0.39, 0.29) is 5.91 Å². The molecule has 0 aliphatic carbocycles. The number of hydrogen-bond donors (Lipinski definition) is 1. The van der Waals surface area contributed by atoms with Gasteiger partial charge in [0.05, 0.1) is 18.8 Å². The van der Waals surface area contributed by atoms with Gasteiger partial charge in [0.1, 0.15) is 5.75 Å². The molecule has 5 nitrogen and oxygen atoms in total. The lowest BCUT2D eigenvalue weighted by Crippen LogP contribution is -2.10. The third kappa shape index (κ3) is 6.62. The number of carbonyl (C=O) groups is 2. The Bertz CT molecular complexity index is 798. The van der Waals surface area contributed by atoms with Crippen LogP contribution in [0.1, 0.15) is 42.6 Å². The van der Waals surface area contributed by atoms with Crippen LogP contribution in [0.25, 0.3) is 6.08 Å². The summed E-state index contributed by atoms with van der Waals surface area (Å²) in [4.78, 5) is 24.1. The van der Waals surface area contributed by atoms with Gasteiger partial charge in [0.2, 0.25) is 5.91 Å². The number of anilines is 1. The fraction of sp³-hybridized carbons (Fsp3) is 0.273. The summed E-state index contributed by atoms with van der Waals surface area (Å²) in [7, 11) is 0. The normalized spacial score (nSPS) is 10.6. The minimum atomic E-state index is -0.398. The predicted molar refractivity (Wildman–Crippen MR) is 107 cm³/mol. The summed E-state index contributed by atoms with van der Waals surface area (Å²) >= 11 is 0. The second-order valence-corrected chi connectivity index (χ2v) is 5.93. The number of carbonyl (C=O) groups excluding carboxylic acids is 2. The van der Waals surface area contributed by atoms with Crippen LogP contribution >= 0.6 is 0 Å². The fourth-order valence-corrected chi connectivity index (χ4v) is 2.31. The van der Waals surface area contributed by atoms with Crippen molar-refractivity contribution in [2.24, 2.45) is 0 Å². The fourth-order valence-electron chi connectivity index (χ4n) is 2.31. The summed E-state index contributed by atoms with van der Waals surface area (Å²) in [6.07, 6.45) is 4.82. The van der Waals surface area contributed by atoms with Crippen molar-refractivity contribution in [3.8, 4) is 5.75 Å². The summed E-state index contributed by atoms with van der Waals surface area (Å²) in [6, 6.07) is 14.2. The highest BCUT2D eigenvalue weighted by Crippen LogP contribution is 2.20. The van der Waals surface area contributed by atoms with E-state index in [1.807, 2.05) is 38.1 Å². The zero-order chi connectivity index (χ0) is 19.5. The number of amides is 1. The Balaban J connectivity index is 2.02. The first kappa shape index (κ1) is 20.2. The first-order chi connectivity index (χ1) is 13.1. The molecule has 1 amide bonds. The van der Waals surface area contributed by atoms with Crippen molar-refractivity contribution in [2.45, 2.75) is 26.7 Å². The van der Waals surface area contributed by atoms with Crippen LogP contribution in [-0.4, -0.2) is 25.1 Å². The van der Waals surface area contributed by atoms with Crippen LogP contribution in [0, 0.1) is 0 Å². The molecule has 0 aliphatic rings. The first-order valence-electron chi connectivity index (χ1n) is 9.12. The van der Waals surface area contributed by atoms with Gasteiger partial charge in [-0.3, -0.25) is 4.79 Å². The van der Waals surface area contributed by atoms with Gasteiger partial charge in [-0.25, -0.2) is 4.79 Å². The molecule has 0 heterocycles. The Morgan fingerprint density at radius 2 is 1.78 bits per heavy atom. The number of para-hydroxylation sites is 1. The van der Waals surface area contributed by atoms with E-state index in [1.165, 1.54) is 6.08 Å². The molecule has 0 fully saturated rings. The molecule has 0 atom stereocenters. The maximum Gasteiger partial charge on any atom is 0.338 e. The van der Waals surface area contributed by atoms with E-state index < -0.39 is 5.97 Å². The summed E-state index contributed by atoms with van der Waals surface area (Å²) in [5.74, 6) is 0.0499. The van der Waals surface area contributed by atoms with Gasteiger partial charge in [-0.05, 0) is 43.2 Å². The Labute approximate surface area is 160 Å². The van der Waals surface area contributed by atoms with Gasteiger partial charge in [0.25, 0.3) is 0 Å². The minimum Gasteiger partial charge on any atom is -0.493 e. The molecule has 0 bridgehead atoms. The molecule has 0 aromatic heterocycles. The highest BCUT2D eigenvalue weighted by atomic mass is 16.5. The van der Waals surface area contributed by atoms with Crippen LogP contribution in [0.5, 0.6) is 5.75 Å². The number of hydrogen-bond acceptors (Lipinski definition) is 4. The maximum absolute atomic E-state index is 12.2. The number of esters is 1. The second kappa shape index (κ2) is 10.8. The molecule has 0 aliphatic heterocycles.